The van der Waals surface area contributed by atoms with Gasteiger partial charge in [-0.1, -0.05) is 48.9 Å². The van der Waals surface area contributed by atoms with Gasteiger partial charge in [0.05, 0.1) is 16.6 Å². The Morgan fingerprint density at radius 2 is 1.63 bits per heavy atom. The van der Waals surface area contributed by atoms with E-state index >= 15 is 0 Å². The van der Waals surface area contributed by atoms with E-state index in [4.69, 9.17) is 11.6 Å². The van der Waals surface area contributed by atoms with E-state index in [1.165, 1.54) is 0 Å². The van der Waals surface area contributed by atoms with Crippen molar-refractivity contribution in [2.75, 3.05) is 36.0 Å². The first kappa shape index (κ1) is 31.4. The standard InChI is InChI=1S/C34H40ClN3O4S/c1-4-18-36(25-12-8-6-9-13-25)31(40)28-27-22-23(3)34(43-27)29(28)32(41)38(20-10-7-11-21-39)30(34)33(42)37(19-5-2)26-16-14-24(35)15-17-26/h4-6,8-9,12-17,23,27-30,39H,1-2,7,10-11,18-22H2,3H3/t23?,27-,28+,29-,30?,34?/m0/s1. The zero-order valence-corrected chi connectivity index (χ0v) is 26.2. The van der Waals surface area contributed by atoms with Crippen molar-refractivity contribution in [2.45, 2.75) is 48.6 Å². The number of amides is 3. The van der Waals surface area contributed by atoms with Crippen molar-refractivity contribution in [2.24, 2.45) is 17.8 Å². The monoisotopic (exact) mass is 621 g/mol. The Balaban J connectivity index is 1.57. The quantitative estimate of drug-likeness (QED) is 0.233. The number of carbonyl (C=O) groups excluding carboxylic acids is 3. The Morgan fingerprint density at radius 1 is 1.00 bits per heavy atom. The maximum Gasteiger partial charge on any atom is 0.251 e. The van der Waals surface area contributed by atoms with Crippen molar-refractivity contribution in [1.82, 2.24) is 4.90 Å². The second-order valence-corrected chi connectivity index (χ2v) is 13.6. The summed E-state index contributed by atoms with van der Waals surface area (Å²) in [6.45, 7) is 11.0. The molecule has 228 valence electrons. The minimum Gasteiger partial charge on any atom is -0.396 e. The first-order chi connectivity index (χ1) is 20.8. The molecule has 3 heterocycles. The van der Waals surface area contributed by atoms with Crippen molar-refractivity contribution >= 4 is 52.5 Å². The van der Waals surface area contributed by atoms with Crippen LogP contribution in [0.4, 0.5) is 11.4 Å². The van der Waals surface area contributed by atoms with E-state index < -0.39 is 22.6 Å². The molecule has 2 aromatic rings. The minimum absolute atomic E-state index is 0.0530. The molecule has 6 atom stereocenters. The summed E-state index contributed by atoms with van der Waals surface area (Å²) in [4.78, 5) is 48.9. The summed E-state index contributed by atoms with van der Waals surface area (Å²) < 4.78 is -0.738. The van der Waals surface area contributed by atoms with E-state index in [9.17, 15) is 19.5 Å². The zero-order valence-electron chi connectivity index (χ0n) is 24.6. The van der Waals surface area contributed by atoms with Crippen LogP contribution in [0.25, 0.3) is 0 Å². The Morgan fingerprint density at radius 3 is 2.26 bits per heavy atom. The number of fused-ring (bicyclic) bond motifs is 1. The average Bonchev–Trinajstić information content (AvgIpc) is 3.60. The Bertz CT molecular complexity index is 1360. The molecule has 0 saturated carbocycles. The van der Waals surface area contributed by atoms with Gasteiger partial charge in [0.15, 0.2) is 0 Å². The van der Waals surface area contributed by atoms with E-state index in [-0.39, 0.29) is 42.0 Å². The fourth-order valence-electron chi connectivity index (χ4n) is 7.35. The normalized spacial score (nSPS) is 27.2. The lowest BCUT2D eigenvalue weighted by molar-refractivity contribution is -0.139. The highest BCUT2D eigenvalue weighted by Gasteiger charge is 2.76. The maximum atomic E-state index is 14.8. The van der Waals surface area contributed by atoms with E-state index in [0.717, 1.165) is 18.5 Å². The number of thioether (sulfide) groups is 1. The predicted octanol–water partition coefficient (Wildman–Crippen LogP) is 5.58. The van der Waals surface area contributed by atoms with E-state index in [1.807, 2.05) is 42.5 Å². The molecule has 3 fully saturated rings. The lowest BCUT2D eigenvalue weighted by Gasteiger charge is -2.41. The van der Waals surface area contributed by atoms with Crippen LogP contribution < -0.4 is 9.80 Å². The topological polar surface area (TPSA) is 81.2 Å². The van der Waals surface area contributed by atoms with Gasteiger partial charge in [0.2, 0.25) is 11.8 Å². The summed E-state index contributed by atoms with van der Waals surface area (Å²) >= 11 is 7.84. The van der Waals surface area contributed by atoms with Crippen molar-refractivity contribution in [3.05, 3.63) is 84.9 Å². The smallest absolute Gasteiger partial charge is 0.251 e. The predicted molar refractivity (Wildman–Crippen MR) is 174 cm³/mol. The molecule has 9 heteroatoms. The molecule has 0 radical (unpaired) electrons. The molecule has 7 nitrogen and oxygen atoms in total. The van der Waals surface area contributed by atoms with Crippen LogP contribution in [0.15, 0.2) is 79.9 Å². The van der Waals surface area contributed by atoms with Crippen LogP contribution >= 0.6 is 23.4 Å². The van der Waals surface area contributed by atoms with Crippen LogP contribution in [0.1, 0.15) is 32.6 Å². The van der Waals surface area contributed by atoms with Gasteiger partial charge in [-0.3, -0.25) is 14.4 Å². The lowest BCUT2D eigenvalue weighted by atomic mass is 9.65. The summed E-state index contributed by atoms with van der Waals surface area (Å²) in [5, 5.41) is 9.85. The number of para-hydroxylation sites is 1. The fourth-order valence-corrected chi connectivity index (χ4v) is 9.89. The van der Waals surface area contributed by atoms with Crippen molar-refractivity contribution in [3.63, 3.8) is 0 Å². The highest BCUT2D eigenvalue weighted by atomic mass is 35.5. The SMILES string of the molecule is C=CCN(C(=O)C1N(CCCCCO)C(=O)[C@@H]2[C@H](C(=O)N(CC=C)c3ccccc3)[C@@H]3CC(C)C12S3)c1ccc(Cl)cc1. The van der Waals surface area contributed by atoms with E-state index in [2.05, 4.69) is 20.1 Å². The number of nitrogens with zero attached hydrogens (tertiary/aromatic N) is 3. The second kappa shape index (κ2) is 13.3. The summed E-state index contributed by atoms with van der Waals surface area (Å²) in [7, 11) is 0. The first-order valence-corrected chi connectivity index (χ1v) is 16.3. The van der Waals surface area contributed by atoms with Gasteiger partial charge in [0.1, 0.15) is 6.04 Å². The third kappa shape index (κ3) is 5.54. The van der Waals surface area contributed by atoms with Gasteiger partial charge in [0.25, 0.3) is 5.91 Å². The number of carbonyl (C=O) groups is 3. The number of likely N-dealkylation sites (tertiary alicyclic amines) is 1. The summed E-state index contributed by atoms with van der Waals surface area (Å²) in [6.07, 6.45) is 6.18. The summed E-state index contributed by atoms with van der Waals surface area (Å²) in [5.41, 5.74) is 1.45. The number of anilines is 2. The van der Waals surface area contributed by atoms with Crippen LogP contribution in [0.3, 0.4) is 0 Å². The third-order valence-corrected chi connectivity index (χ3v) is 11.5. The van der Waals surface area contributed by atoms with E-state index in [0.29, 0.717) is 36.6 Å². The minimum atomic E-state index is -0.738. The number of unbranched alkanes of at least 4 members (excludes halogenated alkanes) is 2. The lowest BCUT2D eigenvalue weighted by Crippen LogP contribution is -2.57. The van der Waals surface area contributed by atoms with Crippen LogP contribution in [0, 0.1) is 17.8 Å². The van der Waals surface area contributed by atoms with Gasteiger partial charge in [-0.15, -0.1) is 24.9 Å². The molecule has 5 rings (SSSR count). The molecule has 3 unspecified atom stereocenters. The number of benzene rings is 2. The molecule has 3 amide bonds. The Kier molecular flexibility index (Phi) is 9.69. The fraction of sp³-hybridized carbons (Fsp3) is 0.441. The molecule has 2 aromatic carbocycles. The summed E-state index contributed by atoms with van der Waals surface area (Å²) in [6, 6.07) is 15.9. The van der Waals surface area contributed by atoms with Gasteiger partial charge in [-0.25, -0.2) is 0 Å². The van der Waals surface area contributed by atoms with Gasteiger partial charge < -0.3 is 19.8 Å². The molecule has 0 aliphatic carbocycles. The molecule has 3 aliphatic rings. The number of hydrogen-bond donors (Lipinski definition) is 1. The molecule has 1 spiro atoms. The van der Waals surface area contributed by atoms with Crippen LogP contribution in [0.5, 0.6) is 0 Å². The first-order valence-electron chi connectivity index (χ1n) is 15.0. The number of halogens is 1. The molecule has 2 bridgehead atoms. The number of aliphatic hydroxyl groups excluding tert-OH is 1. The molecule has 1 N–H and O–H groups in total. The van der Waals surface area contributed by atoms with Gasteiger partial charge >= 0.3 is 0 Å². The third-order valence-electron chi connectivity index (χ3n) is 9.18. The highest BCUT2D eigenvalue weighted by Crippen LogP contribution is 2.69. The van der Waals surface area contributed by atoms with Crippen molar-refractivity contribution in [1.29, 1.82) is 0 Å². The Labute approximate surface area is 263 Å². The highest BCUT2D eigenvalue weighted by molar-refractivity contribution is 8.02. The average molecular weight is 622 g/mol. The number of hydrogen-bond acceptors (Lipinski definition) is 5. The molecular weight excluding hydrogens is 582 g/mol. The largest absolute Gasteiger partial charge is 0.396 e. The van der Waals surface area contributed by atoms with E-state index in [1.54, 1.807) is 50.7 Å². The zero-order chi connectivity index (χ0) is 30.7. The van der Waals surface area contributed by atoms with Gasteiger partial charge in [-0.2, -0.15) is 0 Å². The molecule has 3 aliphatic heterocycles. The van der Waals surface area contributed by atoms with Crippen LogP contribution in [-0.2, 0) is 14.4 Å². The van der Waals surface area contributed by atoms with Gasteiger partial charge in [-0.05, 0) is 68.0 Å². The number of aliphatic hydroxyl groups is 1. The van der Waals surface area contributed by atoms with Crippen molar-refractivity contribution < 1.29 is 19.5 Å². The van der Waals surface area contributed by atoms with Crippen molar-refractivity contribution in [3.8, 4) is 0 Å². The Hall–Kier alpha value is -3.07. The molecular formula is C34H40ClN3O4S. The molecule has 3 saturated heterocycles. The summed E-state index contributed by atoms with van der Waals surface area (Å²) in [5.74, 6) is -1.49. The van der Waals surface area contributed by atoms with Gasteiger partial charge in [0, 0.05) is 47.9 Å². The van der Waals surface area contributed by atoms with Crippen LogP contribution in [-0.4, -0.2) is 70.0 Å². The maximum absolute atomic E-state index is 14.8. The number of rotatable bonds is 13. The second-order valence-electron chi connectivity index (χ2n) is 11.7. The molecule has 0 aromatic heterocycles. The molecule has 43 heavy (non-hydrogen) atoms. The van der Waals surface area contributed by atoms with Crippen LogP contribution in [0.2, 0.25) is 5.02 Å².